The van der Waals surface area contributed by atoms with Crippen molar-refractivity contribution >= 4 is 21.7 Å². The second-order valence-corrected chi connectivity index (χ2v) is 8.43. The van der Waals surface area contributed by atoms with Crippen molar-refractivity contribution in [2.24, 2.45) is 5.92 Å². The predicted molar refractivity (Wildman–Crippen MR) is 80.3 cm³/mol. The highest BCUT2D eigenvalue weighted by atomic mass is 32.2. The van der Waals surface area contributed by atoms with Gasteiger partial charge in [0, 0.05) is 25.1 Å². The van der Waals surface area contributed by atoms with E-state index >= 15 is 0 Å². The van der Waals surface area contributed by atoms with Gasteiger partial charge in [-0.15, -0.1) is 0 Å². The molecule has 1 aromatic heterocycles. The molecule has 0 bridgehead atoms. The van der Waals surface area contributed by atoms with Gasteiger partial charge in [-0.3, -0.25) is 9.59 Å². The Morgan fingerprint density at radius 1 is 1.22 bits per heavy atom. The van der Waals surface area contributed by atoms with Gasteiger partial charge in [0.25, 0.3) is 5.91 Å². The van der Waals surface area contributed by atoms with Gasteiger partial charge in [0.1, 0.15) is 6.26 Å². The molecule has 0 saturated carbocycles. The zero-order valence-corrected chi connectivity index (χ0v) is 13.8. The number of carbonyl (C=O) groups excluding carboxylic acids is 2. The first-order chi connectivity index (χ1) is 10.8. The van der Waals surface area contributed by atoms with Crippen molar-refractivity contribution in [3.8, 4) is 0 Å². The molecule has 0 aliphatic carbocycles. The summed E-state index contributed by atoms with van der Waals surface area (Å²) in [6.07, 6.45) is 1.30. The highest BCUT2D eigenvalue weighted by molar-refractivity contribution is 7.91. The third kappa shape index (κ3) is 2.85. The molecule has 2 atom stereocenters. The number of rotatable bonds is 2. The molecule has 0 N–H and O–H groups in total. The normalized spacial score (nSPS) is 26.4. The minimum absolute atomic E-state index is 0.0781. The number of nitrogens with zero attached hydrogens (tertiary/aromatic N) is 3. The summed E-state index contributed by atoms with van der Waals surface area (Å²) in [7, 11) is -3.29. The molecule has 2 amide bonds. The lowest BCUT2D eigenvalue weighted by Gasteiger charge is -2.44. The fourth-order valence-corrected chi connectivity index (χ4v) is 5.26. The highest BCUT2D eigenvalue weighted by Gasteiger charge is 2.49. The van der Waals surface area contributed by atoms with Crippen LogP contribution in [-0.2, 0) is 14.6 Å². The van der Waals surface area contributed by atoms with Crippen molar-refractivity contribution in [2.75, 3.05) is 24.6 Å². The molecule has 0 unspecified atom stereocenters. The molecule has 2 fully saturated rings. The Hall–Kier alpha value is -1.90. The average molecular weight is 341 g/mol. The van der Waals surface area contributed by atoms with E-state index in [0.717, 1.165) is 0 Å². The maximum atomic E-state index is 12.5. The van der Waals surface area contributed by atoms with Gasteiger partial charge in [-0.1, -0.05) is 19.0 Å². The number of carbonyl (C=O) groups is 2. The fourth-order valence-electron chi connectivity index (χ4n) is 3.28. The molecule has 23 heavy (non-hydrogen) atoms. The standard InChI is InChI=1S/C14H19N3O5S/c1-9(2)13(18)16-4-5-17(14(19)10-3-6-22-15-10)12-8-23(20,21)7-11(12)16/h3,6,9,11-12H,4-5,7-8H2,1-2H3/t11-,12+/m1/s1. The summed E-state index contributed by atoms with van der Waals surface area (Å²) in [5.74, 6) is -0.869. The van der Waals surface area contributed by atoms with Crippen molar-refractivity contribution in [3.05, 3.63) is 18.0 Å². The van der Waals surface area contributed by atoms with Crippen LogP contribution in [0.2, 0.25) is 0 Å². The summed E-state index contributed by atoms with van der Waals surface area (Å²) in [5.41, 5.74) is 0.150. The topological polar surface area (TPSA) is 101 Å². The van der Waals surface area contributed by atoms with E-state index in [9.17, 15) is 18.0 Å². The molecule has 0 spiro atoms. The molecule has 2 aliphatic heterocycles. The predicted octanol–water partition coefficient (Wildman–Crippen LogP) is -0.219. The minimum atomic E-state index is -3.29. The third-order valence-corrected chi connectivity index (χ3v) is 6.07. The van der Waals surface area contributed by atoms with Gasteiger partial charge < -0.3 is 14.3 Å². The van der Waals surface area contributed by atoms with Crippen LogP contribution >= 0.6 is 0 Å². The Morgan fingerprint density at radius 3 is 2.39 bits per heavy atom. The van der Waals surface area contributed by atoms with Gasteiger partial charge in [-0.2, -0.15) is 0 Å². The van der Waals surface area contributed by atoms with Crippen molar-refractivity contribution in [3.63, 3.8) is 0 Å². The maximum Gasteiger partial charge on any atom is 0.276 e. The Balaban J connectivity index is 1.90. The van der Waals surface area contributed by atoms with Crippen molar-refractivity contribution in [1.29, 1.82) is 0 Å². The molecule has 126 valence electrons. The summed E-state index contributed by atoms with van der Waals surface area (Å²) in [6.45, 7) is 4.19. The van der Waals surface area contributed by atoms with E-state index < -0.39 is 21.9 Å². The summed E-state index contributed by atoms with van der Waals surface area (Å²) in [6, 6.07) is 0.437. The van der Waals surface area contributed by atoms with Crippen LogP contribution in [0.4, 0.5) is 0 Å². The highest BCUT2D eigenvalue weighted by Crippen LogP contribution is 2.29. The lowest BCUT2D eigenvalue weighted by molar-refractivity contribution is -0.139. The van der Waals surface area contributed by atoms with Gasteiger partial charge in [-0.05, 0) is 0 Å². The van der Waals surface area contributed by atoms with Crippen molar-refractivity contribution < 1.29 is 22.5 Å². The zero-order chi connectivity index (χ0) is 16.8. The van der Waals surface area contributed by atoms with Crippen LogP contribution in [0, 0.1) is 5.92 Å². The van der Waals surface area contributed by atoms with Gasteiger partial charge in [0.05, 0.1) is 23.6 Å². The number of fused-ring (bicyclic) bond motifs is 1. The lowest BCUT2D eigenvalue weighted by atomic mass is 10.0. The summed E-state index contributed by atoms with van der Waals surface area (Å²) in [5, 5.41) is 3.63. The van der Waals surface area contributed by atoms with E-state index in [1.807, 2.05) is 0 Å². The van der Waals surface area contributed by atoms with Crippen LogP contribution in [0.25, 0.3) is 0 Å². The monoisotopic (exact) mass is 341 g/mol. The van der Waals surface area contributed by atoms with E-state index in [-0.39, 0.29) is 34.9 Å². The van der Waals surface area contributed by atoms with Gasteiger partial charge >= 0.3 is 0 Å². The first kappa shape index (κ1) is 16.0. The number of sulfone groups is 1. The number of aromatic nitrogens is 1. The Bertz CT molecular complexity index is 713. The van der Waals surface area contributed by atoms with Crippen LogP contribution in [0.5, 0.6) is 0 Å². The van der Waals surface area contributed by atoms with Crippen LogP contribution in [-0.4, -0.2) is 71.9 Å². The van der Waals surface area contributed by atoms with E-state index in [1.54, 1.807) is 18.7 Å². The van der Waals surface area contributed by atoms with Crippen molar-refractivity contribution in [1.82, 2.24) is 15.0 Å². The number of hydrogen-bond acceptors (Lipinski definition) is 6. The van der Waals surface area contributed by atoms with Gasteiger partial charge in [-0.25, -0.2) is 8.42 Å². The minimum Gasteiger partial charge on any atom is -0.364 e. The van der Waals surface area contributed by atoms with E-state index in [2.05, 4.69) is 9.68 Å². The van der Waals surface area contributed by atoms with Crippen LogP contribution in [0.3, 0.4) is 0 Å². The molecule has 9 heteroatoms. The summed E-state index contributed by atoms with van der Waals surface area (Å²) < 4.78 is 28.8. The van der Waals surface area contributed by atoms with E-state index in [0.29, 0.717) is 13.1 Å². The average Bonchev–Trinajstić information content (AvgIpc) is 3.10. The molecular formula is C14H19N3O5S. The molecule has 0 radical (unpaired) electrons. The number of amides is 2. The maximum absolute atomic E-state index is 12.5. The summed E-state index contributed by atoms with van der Waals surface area (Å²) >= 11 is 0. The number of piperazine rings is 1. The SMILES string of the molecule is CC(C)C(=O)N1CCN(C(=O)c2ccon2)[C@H]2CS(=O)(=O)C[C@H]21. The molecular weight excluding hydrogens is 322 g/mol. The van der Waals surface area contributed by atoms with Crippen LogP contribution < -0.4 is 0 Å². The van der Waals surface area contributed by atoms with Crippen LogP contribution in [0.1, 0.15) is 24.3 Å². The smallest absolute Gasteiger partial charge is 0.276 e. The summed E-state index contributed by atoms with van der Waals surface area (Å²) in [4.78, 5) is 28.0. The second-order valence-electron chi connectivity index (χ2n) is 6.28. The zero-order valence-electron chi connectivity index (χ0n) is 13.0. The first-order valence-electron chi connectivity index (χ1n) is 7.52. The quantitative estimate of drug-likeness (QED) is 0.737. The first-order valence-corrected chi connectivity index (χ1v) is 9.34. The number of hydrogen-bond donors (Lipinski definition) is 0. The molecule has 2 saturated heterocycles. The Labute approximate surface area is 134 Å². The molecule has 8 nitrogen and oxygen atoms in total. The van der Waals surface area contributed by atoms with Crippen molar-refractivity contribution in [2.45, 2.75) is 25.9 Å². The van der Waals surface area contributed by atoms with Gasteiger partial charge in [0.2, 0.25) is 5.91 Å². The second kappa shape index (κ2) is 5.63. The third-order valence-electron chi connectivity index (χ3n) is 4.37. The molecule has 1 aromatic rings. The molecule has 2 aliphatic rings. The molecule has 3 rings (SSSR count). The van der Waals surface area contributed by atoms with Crippen LogP contribution in [0.15, 0.2) is 16.9 Å². The van der Waals surface area contributed by atoms with E-state index in [4.69, 9.17) is 0 Å². The van der Waals surface area contributed by atoms with Gasteiger partial charge in [0.15, 0.2) is 15.5 Å². The largest absolute Gasteiger partial charge is 0.364 e. The fraction of sp³-hybridized carbons (Fsp3) is 0.643. The molecule has 3 heterocycles. The Morgan fingerprint density at radius 2 is 1.83 bits per heavy atom. The Kier molecular flexibility index (Phi) is 3.91. The molecule has 0 aromatic carbocycles. The lowest BCUT2D eigenvalue weighted by Crippen LogP contribution is -2.62. The van der Waals surface area contributed by atoms with E-state index in [1.165, 1.54) is 17.2 Å².